The monoisotopic (exact) mass is 995 g/mol. The lowest BCUT2D eigenvalue weighted by Crippen LogP contribution is -2.78. The molecule has 5 aromatic carbocycles. The Morgan fingerprint density at radius 3 is 2.35 bits per heavy atom. The number of hydrogen-bond acceptors (Lipinski definition) is 10. The van der Waals surface area contributed by atoms with Crippen LogP contribution in [0, 0.1) is 39.9 Å². The van der Waals surface area contributed by atoms with Crippen LogP contribution in [0.2, 0.25) is 0 Å². The molecule has 2 saturated heterocycles. The van der Waals surface area contributed by atoms with Crippen LogP contribution in [0.1, 0.15) is 122 Å². The zero-order valence-electron chi connectivity index (χ0n) is 42.0. The molecule has 11 heteroatoms. The lowest BCUT2D eigenvalue weighted by atomic mass is 9.31. The van der Waals surface area contributed by atoms with E-state index in [4.69, 9.17) is 4.98 Å². The number of aromatic amines is 1. The standard InChI is InChI=1S/C63H70N4O7/c68-49-23-17-39(30-52(49)71)16-21-44-45-11-4-12-50(69)55(45)57(74)56(73)46(44)22-15-37-13-18-40(19-14-37)48-33-60(32-43(66-54(72)34-60)29-38-7-2-1-3-8-38)47-31-42-10-6-26-62(42)28-27-61-25-5-9-41(61)20-24-51(70)58(61)63(62,59(47)67-48)53-35-64-36-65-53/h1-4,7-8,11-14,16-21,23-24,30,35-36,41-43,47-48,51,54,58-59,66-74H,5-6,9-10,15,22,25-29,31-34H2,(H,64,65)/b21-16+/t41-,42+,43-,47+,48-,51+,54-,58-,59+,60-,61+,62-,63-/m1/s1. The topological polar surface area (TPSA) is 194 Å². The first kappa shape index (κ1) is 47.6. The van der Waals surface area contributed by atoms with E-state index in [0.717, 1.165) is 56.9 Å². The molecule has 3 spiro atoms. The van der Waals surface area contributed by atoms with E-state index >= 15 is 0 Å². The van der Waals surface area contributed by atoms with Gasteiger partial charge in [0.15, 0.2) is 23.0 Å². The quantitative estimate of drug-likeness (QED) is 0.0378. The Labute approximate surface area is 433 Å². The highest BCUT2D eigenvalue weighted by atomic mass is 16.3. The molecule has 0 bridgehead atoms. The van der Waals surface area contributed by atoms with E-state index in [1.165, 1.54) is 60.7 Å². The SMILES string of the molecule is Oc1ccc(/C=C/c2c(CCc3ccc([C@H]4C[C@@]5(C[C@@H](Cc6ccccc6)N[C@H](O)C5)[C@H]5C[C@@H]6CCC[C@@]67CC[C@@]68CCC[C@@H]6C=C[C@H](O)[C@H]8[C@]7(c6cnc[nH]6)[C@H]5N4)cc3)c(O)c(O)c3c(O)cccc23)cc1O. The van der Waals surface area contributed by atoms with Gasteiger partial charge in [-0.05, 0) is 169 Å². The van der Waals surface area contributed by atoms with Gasteiger partial charge in [-0.15, -0.1) is 0 Å². The van der Waals surface area contributed by atoms with Gasteiger partial charge in [-0.2, -0.15) is 0 Å². The molecule has 0 amide bonds. The van der Waals surface area contributed by atoms with E-state index in [0.29, 0.717) is 53.2 Å². The Hall–Kier alpha value is -6.11. The molecule has 0 unspecified atom stereocenters. The van der Waals surface area contributed by atoms with Crippen molar-refractivity contribution in [3.63, 3.8) is 0 Å². The molecule has 384 valence electrons. The van der Waals surface area contributed by atoms with E-state index in [9.17, 15) is 35.7 Å². The molecule has 0 radical (unpaired) electrons. The van der Waals surface area contributed by atoms with E-state index < -0.39 is 17.7 Å². The predicted molar refractivity (Wildman–Crippen MR) is 286 cm³/mol. The minimum atomic E-state index is -0.652. The molecule has 13 rings (SSSR count). The fourth-order valence-corrected chi connectivity index (χ4v) is 18.1. The minimum Gasteiger partial charge on any atom is -0.507 e. The van der Waals surface area contributed by atoms with Gasteiger partial charge in [0, 0.05) is 46.9 Å². The molecule has 6 fully saturated rings. The molecule has 11 nitrogen and oxygen atoms in total. The van der Waals surface area contributed by atoms with Gasteiger partial charge < -0.3 is 46.0 Å². The van der Waals surface area contributed by atoms with E-state index in [1.54, 1.807) is 18.2 Å². The van der Waals surface area contributed by atoms with Crippen LogP contribution in [0.15, 0.2) is 116 Å². The summed E-state index contributed by atoms with van der Waals surface area (Å²) in [7, 11) is 0. The number of H-pyrrole nitrogens is 1. The molecule has 13 atom stereocenters. The number of aryl methyl sites for hydroxylation is 1. The number of nitrogens with one attached hydrogen (secondary N) is 3. The average molecular weight is 995 g/mol. The van der Waals surface area contributed by atoms with Gasteiger partial charge >= 0.3 is 0 Å². The molecule has 2 aliphatic heterocycles. The van der Waals surface area contributed by atoms with Gasteiger partial charge in [0.05, 0.1) is 17.8 Å². The number of aromatic hydroxyl groups is 5. The summed E-state index contributed by atoms with van der Waals surface area (Å²) in [6.45, 7) is 0. The number of fused-ring (bicyclic) bond motifs is 5. The van der Waals surface area contributed by atoms with Crippen molar-refractivity contribution in [3.05, 3.63) is 155 Å². The van der Waals surface area contributed by atoms with E-state index in [2.05, 4.69) is 88.6 Å². The second kappa shape index (κ2) is 18.0. The number of aliphatic hydroxyl groups excluding tert-OH is 2. The van der Waals surface area contributed by atoms with Gasteiger partial charge in [0.25, 0.3) is 0 Å². The first-order valence-electron chi connectivity index (χ1n) is 27.5. The van der Waals surface area contributed by atoms with E-state index in [1.807, 2.05) is 18.5 Å². The maximum Gasteiger partial charge on any atom is 0.169 e. The van der Waals surface area contributed by atoms with Crippen LogP contribution >= 0.6 is 0 Å². The number of phenols is 5. The summed E-state index contributed by atoms with van der Waals surface area (Å²) in [5.41, 5.74) is 5.80. The molecule has 3 heterocycles. The number of aromatic nitrogens is 2. The smallest absolute Gasteiger partial charge is 0.169 e. The predicted octanol–water partition coefficient (Wildman–Crippen LogP) is 10.6. The summed E-state index contributed by atoms with van der Waals surface area (Å²) in [6.07, 6.45) is 25.6. The van der Waals surface area contributed by atoms with Crippen LogP contribution in [0.5, 0.6) is 28.7 Å². The Kier molecular flexibility index (Phi) is 11.6. The first-order valence-corrected chi connectivity index (χ1v) is 27.5. The molecule has 74 heavy (non-hydrogen) atoms. The number of hydrogen-bond donors (Lipinski definition) is 10. The van der Waals surface area contributed by atoms with Crippen molar-refractivity contribution in [1.29, 1.82) is 0 Å². The summed E-state index contributed by atoms with van der Waals surface area (Å²) in [5.74, 6) is -0.0947. The molecule has 10 N–H and O–H groups in total. The second-order valence-electron chi connectivity index (χ2n) is 23.9. The molecule has 4 saturated carbocycles. The highest BCUT2D eigenvalue weighted by Crippen LogP contribution is 2.79. The van der Waals surface area contributed by atoms with Crippen molar-refractivity contribution in [3.8, 4) is 28.7 Å². The van der Waals surface area contributed by atoms with Crippen molar-refractivity contribution >= 4 is 22.9 Å². The lowest BCUT2D eigenvalue weighted by Gasteiger charge is -2.75. The molecule has 7 aliphatic rings. The summed E-state index contributed by atoms with van der Waals surface area (Å²) < 4.78 is 0. The normalized spacial score (nSPS) is 35.1. The van der Waals surface area contributed by atoms with Crippen molar-refractivity contribution in [2.45, 2.75) is 132 Å². The number of benzene rings is 5. The maximum atomic E-state index is 12.9. The minimum absolute atomic E-state index is 0.00277. The Morgan fingerprint density at radius 2 is 1.54 bits per heavy atom. The zero-order chi connectivity index (χ0) is 50.6. The average Bonchev–Trinajstić information content (AvgIpc) is 4.26. The number of phenolic OH excluding ortho intramolecular Hbond substituents is 5. The van der Waals surface area contributed by atoms with Crippen LogP contribution in [-0.4, -0.2) is 70.1 Å². The van der Waals surface area contributed by atoms with Gasteiger partial charge in [0.2, 0.25) is 0 Å². The summed E-state index contributed by atoms with van der Waals surface area (Å²) >= 11 is 0. The number of piperidine rings is 2. The number of allylic oxidation sites excluding steroid dienone is 1. The Morgan fingerprint density at radius 1 is 0.703 bits per heavy atom. The highest BCUT2D eigenvalue weighted by Gasteiger charge is 2.78. The van der Waals surface area contributed by atoms with Crippen molar-refractivity contribution in [1.82, 2.24) is 20.6 Å². The van der Waals surface area contributed by atoms with Crippen molar-refractivity contribution in [2.24, 2.45) is 39.9 Å². The third-order valence-corrected chi connectivity index (χ3v) is 20.8. The number of nitrogens with zero attached hydrogens (tertiary/aromatic N) is 1. The number of rotatable bonds is 9. The molecular formula is C63H70N4O7. The molecule has 1 aromatic heterocycles. The Balaban J connectivity index is 0.896. The van der Waals surface area contributed by atoms with Crippen molar-refractivity contribution < 1.29 is 35.7 Å². The van der Waals surface area contributed by atoms with Gasteiger partial charge in [-0.25, -0.2) is 4.98 Å². The van der Waals surface area contributed by atoms with Gasteiger partial charge in [0.1, 0.15) is 12.0 Å². The highest BCUT2D eigenvalue weighted by molar-refractivity contribution is 6.03. The van der Waals surface area contributed by atoms with Crippen molar-refractivity contribution in [2.75, 3.05) is 0 Å². The molecular weight excluding hydrogens is 925 g/mol. The van der Waals surface area contributed by atoms with E-state index in [-0.39, 0.29) is 80.3 Å². The van der Waals surface area contributed by atoms with Crippen LogP contribution in [0.4, 0.5) is 0 Å². The summed E-state index contributed by atoms with van der Waals surface area (Å²) in [5, 5.41) is 88.1. The number of imidazole rings is 1. The number of aliphatic hydroxyl groups is 2. The first-order chi connectivity index (χ1) is 35.9. The fraction of sp³-hybridized carbons (Fsp3) is 0.444. The largest absolute Gasteiger partial charge is 0.507 e. The summed E-state index contributed by atoms with van der Waals surface area (Å²) in [6, 6.07) is 29.2. The van der Waals surface area contributed by atoms with Gasteiger partial charge in [-0.1, -0.05) is 110 Å². The van der Waals surface area contributed by atoms with Crippen LogP contribution in [-0.2, 0) is 24.7 Å². The fourth-order valence-electron chi connectivity index (χ4n) is 18.1. The molecule has 5 aliphatic carbocycles. The van der Waals surface area contributed by atoms with Crippen LogP contribution in [0.3, 0.4) is 0 Å². The maximum absolute atomic E-state index is 12.9. The van der Waals surface area contributed by atoms with Crippen LogP contribution in [0.25, 0.3) is 22.9 Å². The summed E-state index contributed by atoms with van der Waals surface area (Å²) in [4.78, 5) is 8.67. The zero-order valence-corrected chi connectivity index (χ0v) is 42.0. The van der Waals surface area contributed by atoms with Gasteiger partial charge in [-0.3, -0.25) is 5.32 Å². The van der Waals surface area contributed by atoms with Crippen LogP contribution < -0.4 is 10.6 Å². The molecule has 6 aromatic rings. The third kappa shape index (κ3) is 7.23. The third-order valence-electron chi connectivity index (χ3n) is 20.8. The second-order valence-corrected chi connectivity index (χ2v) is 23.9. The Bertz CT molecular complexity index is 3140. The lowest BCUT2D eigenvalue weighted by molar-refractivity contribution is -0.220.